The summed E-state index contributed by atoms with van der Waals surface area (Å²) in [5.74, 6) is -0.375. The summed E-state index contributed by atoms with van der Waals surface area (Å²) in [6.07, 6.45) is 0.437. The van der Waals surface area contributed by atoms with Gasteiger partial charge in [0.2, 0.25) is 0 Å². The maximum Gasteiger partial charge on any atom is 0.356 e. The van der Waals surface area contributed by atoms with Gasteiger partial charge in [-0.05, 0) is 36.8 Å². The first-order chi connectivity index (χ1) is 10.9. The first-order valence-electron chi connectivity index (χ1n) is 7.07. The van der Waals surface area contributed by atoms with Crippen LogP contribution in [0.2, 0.25) is 0 Å². The van der Waals surface area contributed by atoms with E-state index in [9.17, 15) is 18.3 Å². The molecule has 1 aliphatic rings. The van der Waals surface area contributed by atoms with Crippen LogP contribution in [0.3, 0.4) is 0 Å². The van der Waals surface area contributed by atoms with Crippen molar-refractivity contribution in [2.75, 3.05) is 18.6 Å². The molecule has 1 N–H and O–H groups in total. The highest BCUT2D eigenvalue weighted by atomic mass is 32.2. The molecule has 0 spiro atoms. The summed E-state index contributed by atoms with van der Waals surface area (Å²) in [5.41, 5.74) is 1.25. The molecule has 0 amide bonds. The fourth-order valence-corrected chi connectivity index (χ4v) is 4.41. The Morgan fingerprint density at radius 3 is 2.57 bits per heavy atom. The zero-order chi connectivity index (χ0) is 16.6. The summed E-state index contributed by atoms with van der Waals surface area (Å²) in [5, 5.41) is 13.3. The molecule has 0 radical (unpaired) electrons. The molecule has 122 valence electrons. The van der Waals surface area contributed by atoms with E-state index in [4.69, 9.17) is 4.74 Å². The monoisotopic (exact) mass is 336 g/mol. The Hall–Kier alpha value is -2.35. The lowest BCUT2D eigenvalue weighted by Crippen LogP contribution is -2.14. The topological polar surface area (TPSA) is 98.5 Å². The summed E-state index contributed by atoms with van der Waals surface area (Å²) >= 11 is 0. The highest BCUT2D eigenvalue weighted by Crippen LogP contribution is 2.30. The van der Waals surface area contributed by atoms with Crippen LogP contribution >= 0.6 is 0 Å². The predicted molar refractivity (Wildman–Crippen MR) is 83.5 cm³/mol. The molecule has 1 fully saturated rings. The number of carbonyl (C=O) groups is 1. The number of methoxy groups -OCH3 is 1. The molecule has 2 heterocycles. The van der Waals surface area contributed by atoms with E-state index in [1.807, 2.05) is 0 Å². The number of carboxylic acids is 1. The van der Waals surface area contributed by atoms with E-state index in [0.717, 1.165) is 5.56 Å². The number of carboxylic acid groups (broad SMARTS) is 1. The zero-order valence-electron chi connectivity index (χ0n) is 12.5. The van der Waals surface area contributed by atoms with Crippen molar-refractivity contribution in [3.8, 4) is 17.0 Å². The Morgan fingerprint density at radius 2 is 2.04 bits per heavy atom. The van der Waals surface area contributed by atoms with Crippen molar-refractivity contribution < 1.29 is 23.1 Å². The smallest absolute Gasteiger partial charge is 0.356 e. The molecule has 7 nitrogen and oxygen atoms in total. The van der Waals surface area contributed by atoms with E-state index in [2.05, 4.69) is 5.10 Å². The number of hydrogen-bond donors (Lipinski definition) is 1. The van der Waals surface area contributed by atoms with E-state index in [1.54, 1.807) is 31.4 Å². The highest BCUT2D eigenvalue weighted by molar-refractivity contribution is 7.91. The van der Waals surface area contributed by atoms with Gasteiger partial charge in [-0.25, -0.2) is 13.2 Å². The Kier molecular flexibility index (Phi) is 3.85. The summed E-state index contributed by atoms with van der Waals surface area (Å²) in [6, 6.07) is 8.24. The van der Waals surface area contributed by atoms with E-state index < -0.39 is 15.8 Å². The average molecular weight is 336 g/mol. The minimum atomic E-state index is -3.09. The molecule has 1 aromatic carbocycles. The van der Waals surface area contributed by atoms with Crippen LogP contribution in [0, 0.1) is 0 Å². The molecule has 3 rings (SSSR count). The molecule has 0 unspecified atom stereocenters. The van der Waals surface area contributed by atoms with Gasteiger partial charge in [0.1, 0.15) is 5.75 Å². The fourth-order valence-electron chi connectivity index (χ4n) is 2.72. The molecule has 0 aliphatic carbocycles. The fraction of sp³-hybridized carbons (Fsp3) is 0.333. The SMILES string of the molecule is COc1ccc(-c2cc(C(=O)O)nn2[C@@H]2CCS(=O)(=O)C2)cc1. The molecule has 2 aromatic rings. The van der Waals surface area contributed by atoms with E-state index in [0.29, 0.717) is 17.9 Å². The molecule has 1 aliphatic heterocycles. The van der Waals surface area contributed by atoms with Crippen molar-refractivity contribution >= 4 is 15.8 Å². The molecular formula is C15H16N2O5S. The average Bonchev–Trinajstić information content (AvgIpc) is 3.11. The molecule has 23 heavy (non-hydrogen) atoms. The Bertz CT molecular complexity index is 839. The van der Waals surface area contributed by atoms with Gasteiger partial charge in [-0.15, -0.1) is 0 Å². The standard InChI is InChI=1S/C15H16N2O5S/c1-22-12-4-2-10(3-5-12)14-8-13(15(18)19)16-17(14)11-6-7-23(20,21)9-11/h2-5,8,11H,6-7,9H2,1H3,(H,18,19)/t11-/m1/s1. The minimum Gasteiger partial charge on any atom is -0.497 e. The van der Waals surface area contributed by atoms with Gasteiger partial charge in [-0.2, -0.15) is 5.10 Å². The first kappa shape index (κ1) is 15.5. The molecule has 1 atom stereocenters. The second-order valence-corrected chi connectivity index (χ2v) is 7.68. The van der Waals surface area contributed by atoms with Crippen LogP contribution in [0.4, 0.5) is 0 Å². The summed E-state index contributed by atoms with van der Waals surface area (Å²) in [4.78, 5) is 11.2. The van der Waals surface area contributed by atoms with Crippen LogP contribution < -0.4 is 4.74 Å². The Balaban J connectivity index is 2.05. The van der Waals surface area contributed by atoms with Crippen molar-refractivity contribution in [2.24, 2.45) is 0 Å². The zero-order valence-corrected chi connectivity index (χ0v) is 13.3. The molecule has 0 bridgehead atoms. The lowest BCUT2D eigenvalue weighted by atomic mass is 10.1. The largest absolute Gasteiger partial charge is 0.497 e. The van der Waals surface area contributed by atoms with E-state index in [-0.39, 0.29) is 23.2 Å². The maximum absolute atomic E-state index is 11.7. The Morgan fingerprint density at radius 1 is 1.35 bits per heavy atom. The van der Waals surface area contributed by atoms with Crippen molar-refractivity contribution in [3.63, 3.8) is 0 Å². The number of aromatic carboxylic acids is 1. The van der Waals surface area contributed by atoms with Crippen LogP contribution in [0.15, 0.2) is 30.3 Å². The number of sulfone groups is 1. The number of nitrogens with zero attached hydrogens (tertiary/aromatic N) is 2. The molecule has 0 saturated carbocycles. The molecular weight excluding hydrogens is 320 g/mol. The third kappa shape index (κ3) is 3.07. The number of aromatic nitrogens is 2. The minimum absolute atomic E-state index is 0.0170. The van der Waals surface area contributed by atoms with Crippen LogP contribution in [0.5, 0.6) is 5.75 Å². The molecule has 8 heteroatoms. The van der Waals surface area contributed by atoms with Crippen molar-refractivity contribution in [1.82, 2.24) is 9.78 Å². The normalized spacial score (nSPS) is 19.6. The number of rotatable bonds is 4. The number of hydrogen-bond acceptors (Lipinski definition) is 5. The second kappa shape index (κ2) is 5.69. The van der Waals surface area contributed by atoms with Crippen LogP contribution in [0.25, 0.3) is 11.3 Å². The summed E-state index contributed by atoms with van der Waals surface area (Å²) in [7, 11) is -1.53. The molecule has 1 aromatic heterocycles. The van der Waals surface area contributed by atoms with Gasteiger partial charge in [0.25, 0.3) is 0 Å². The van der Waals surface area contributed by atoms with Crippen molar-refractivity contribution in [3.05, 3.63) is 36.0 Å². The van der Waals surface area contributed by atoms with Crippen LogP contribution in [-0.4, -0.2) is 47.9 Å². The van der Waals surface area contributed by atoms with Crippen LogP contribution in [0.1, 0.15) is 23.0 Å². The summed E-state index contributed by atoms with van der Waals surface area (Å²) in [6.45, 7) is 0. The van der Waals surface area contributed by atoms with Gasteiger partial charge in [0.05, 0.1) is 30.4 Å². The van der Waals surface area contributed by atoms with E-state index in [1.165, 1.54) is 10.7 Å². The highest BCUT2D eigenvalue weighted by Gasteiger charge is 2.32. The maximum atomic E-state index is 11.7. The predicted octanol–water partition coefficient (Wildman–Crippen LogP) is 1.62. The third-order valence-corrected chi connectivity index (χ3v) is 5.65. The first-order valence-corrected chi connectivity index (χ1v) is 8.89. The van der Waals surface area contributed by atoms with E-state index >= 15 is 0 Å². The van der Waals surface area contributed by atoms with Gasteiger partial charge in [-0.1, -0.05) is 0 Å². The number of benzene rings is 1. The second-order valence-electron chi connectivity index (χ2n) is 5.45. The third-order valence-electron chi connectivity index (χ3n) is 3.89. The van der Waals surface area contributed by atoms with Gasteiger partial charge >= 0.3 is 5.97 Å². The number of ether oxygens (including phenoxy) is 1. The van der Waals surface area contributed by atoms with Gasteiger partial charge in [0, 0.05) is 5.56 Å². The Labute approximate surface area is 133 Å². The van der Waals surface area contributed by atoms with Crippen molar-refractivity contribution in [2.45, 2.75) is 12.5 Å². The lowest BCUT2D eigenvalue weighted by Gasteiger charge is -2.13. The quantitative estimate of drug-likeness (QED) is 0.911. The van der Waals surface area contributed by atoms with Crippen molar-refractivity contribution in [1.29, 1.82) is 0 Å². The van der Waals surface area contributed by atoms with Crippen LogP contribution in [-0.2, 0) is 9.84 Å². The molecule has 1 saturated heterocycles. The summed E-state index contributed by atoms with van der Waals surface area (Å²) < 4.78 is 30.1. The lowest BCUT2D eigenvalue weighted by molar-refractivity contribution is 0.0689. The van der Waals surface area contributed by atoms with Gasteiger partial charge < -0.3 is 9.84 Å². The van der Waals surface area contributed by atoms with Gasteiger partial charge in [0.15, 0.2) is 15.5 Å². The van der Waals surface area contributed by atoms with Gasteiger partial charge in [-0.3, -0.25) is 4.68 Å².